The number of nitrogens with zero attached hydrogens (tertiary/aromatic N) is 2. The maximum absolute atomic E-state index is 11.6. The summed E-state index contributed by atoms with van der Waals surface area (Å²) in [6, 6.07) is 8.27. The van der Waals surface area contributed by atoms with Gasteiger partial charge in [-0.05, 0) is 63.8 Å². The van der Waals surface area contributed by atoms with Crippen LogP contribution in [0.5, 0.6) is 0 Å². The third-order valence-electron chi connectivity index (χ3n) is 4.98. The molecule has 6 heteroatoms. The minimum atomic E-state index is 0.310. The highest BCUT2D eigenvalue weighted by Gasteiger charge is 2.13. The summed E-state index contributed by atoms with van der Waals surface area (Å²) >= 11 is 5.90. The maximum Gasteiger partial charge on any atom is 0.147 e. The van der Waals surface area contributed by atoms with Crippen molar-refractivity contribution < 1.29 is 4.79 Å². The summed E-state index contributed by atoms with van der Waals surface area (Å²) in [5.74, 6) is 0. The van der Waals surface area contributed by atoms with E-state index in [0.29, 0.717) is 16.8 Å². The number of aliphatic imine (C=N–C) groups is 2. The molecule has 0 unspecified atom stereocenters. The van der Waals surface area contributed by atoms with Crippen LogP contribution in [0.2, 0.25) is 0 Å². The quantitative estimate of drug-likeness (QED) is 0.183. The van der Waals surface area contributed by atoms with E-state index in [2.05, 4.69) is 27.2 Å². The van der Waals surface area contributed by atoms with Gasteiger partial charge in [-0.1, -0.05) is 48.5 Å². The van der Waals surface area contributed by atoms with Crippen LogP contribution < -0.4 is 10.6 Å². The van der Waals surface area contributed by atoms with Crippen LogP contribution in [0.4, 0.5) is 0 Å². The monoisotopic (exact) mass is 426 g/mol. The molecule has 0 saturated carbocycles. The summed E-state index contributed by atoms with van der Waals surface area (Å²) in [7, 11) is 0. The van der Waals surface area contributed by atoms with Crippen LogP contribution in [0.1, 0.15) is 50.7 Å². The minimum absolute atomic E-state index is 0.310. The fraction of sp³-hybridized carbons (Fsp3) is 0.375. The molecule has 0 amide bonds. The summed E-state index contributed by atoms with van der Waals surface area (Å²) in [5, 5.41) is 7.08. The first-order valence-electron chi connectivity index (χ1n) is 10.3. The van der Waals surface area contributed by atoms with Crippen molar-refractivity contribution in [2.75, 3.05) is 13.1 Å². The standard InChI is InChI=1S/C24H31ClN4O/c1-4-23(25)27-13-7-8-18(2)21-9-5-6-10-22(21)24(19(3)16-30)29-17-28-20-11-14-26-15-12-20/h4-6,9-10,13,16-17,20,26H,2,7-8,11-12,14-15H2,1,3H3,(H,28,29)/b23-4-,24-19-,27-13-. The van der Waals surface area contributed by atoms with Crippen molar-refractivity contribution in [3.63, 3.8) is 0 Å². The number of benzene rings is 1. The highest BCUT2D eigenvalue weighted by Crippen LogP contribution is 2.27. The first kappa shape index (κ1) is 23.8. The Morgan fingerprint density at radius 3 is 2.67 bits per heavy atom. The Hall–Kier alpha value is -2.50. The van der Waals surface area contributed by atoms with Gasteiger partial charge in [-0.3, -0.25) is 9.79 Å². The lowest BCUT2D eigenvalue weighted by molar-refractivity contribution is -0.104. The van der Waals surface area contributed by atoms with E-state index < -0.39 is 0 Å². The Labute approximate surface area is 184 Å². The molecule has 160 valence electrons. The second-order valence-corrected chi connectivity index (χ2v) is 7.58. The molecule has 1 aromatic carbocycles. The Morgan fingerprint density at radius 2 is 2.00 bits per heavy atom. The Balaban J connectivity index is 2.17. The molecule has 1 aromatic rings. The third kappa shape index (κ3) is 7.39. The third-order valence-corrected chi connectivity index (χ3v) is 5.30. The summed E-state index contributed by atoms with van der Waals surface area (Å²) in [4.78, 5) is 20.4. The lowest BCUT2D eigenvalue weighted by Gasteiger charge is -2.19. The van der Waals surface area contributed by atoms with Crippen LogP contribution in [0.25, 0.3) is 11.3 Å². The zero-order chi connectivity index (χ0) is 21.8. The number of rotatable bonds is 10. The minimum Gasteiger partial charge on any atom is -0.346 e. The van der Waals surface area contributed by atoms with Crippen LogP contribution in [0.15, 0.2) is 57.6 Å². The SMILES string of the molecule is C=C(CC/C=N\C(Cl)=C/C)c1ccccc1/C(NC=NC1CCNCC1)=C(\C)C=O. The average molecular weight is 427 g/mol. The largest absolute Gasteiger partial charge is 0.346 e. The fourth-order valence-electron chi connectivity index (χ4n) is 3.24. The second-order valence-electron chi connectivity index (χ2n) is 7.19. The van der Waals surface area contributed by atoms with Crippen molar-refractivity contribution in [2.45, 2.75) is 45.6 Å². The molecule has 5 nitrogen and oxygen atoms in total. The van der Waals surface area contributed by atoms with Gasteiger partial charge >= 0.3 is 0 Å². The summed E-state index contributed by atoms with van der Waals surface area (Å²) in [6.45, 7) is 9.89. The number of piperidine rings is 1. The average Bonchev–Trinajstić information content (AvgIpc) is 2.79. The normalized spacial score (nSPS) is 16.7. The van der Waals surface area contributed by atoms with Gasteiger partial charge in [0.25, 0.3) is 0 Å². The van der Waals surface area contributed by atoms with Crippen LogP contribution in [-0.4, -0.2) is 38.0 Å². The first-order valence-corrected chi connectivity index (χ1v) is 10.7. The predicted molar refractivity (Wildman–Crippen MR) is 129 cm³/mol. The van der Waals surface area contributed by atoms with Crippen LogP contribution in [0, 0.1) is 0 Å². The molecule has 0 aliphatic carbocycles. The van der Waals surface area contributed by atoms with E-state index in [-0.39, 0.29) is 0 Å². The van der Waals surface area contributed by atoms with E-state index in [9.17, 15) is 4.79 Å². The molecule has 0 spiro atoms. The van der Waals surface area contributed by atoms with Crippen molar-refractivity contribution in [3.05, 3.63) is 58.8 Å². The van der Waals surface area contributed by atoms with E-state index >= 15 is 0 Å². The number of carbonyl (C=O) groups excluding carboxylic acids is 1. The fourth-order valence-corrected chi connectivity index (χ4v) is 3.30. The van der Waals surface area contributed by atoms with Gasteiger partial charge in [0, 0.05) is 17.4 Å². The number of carbonyl (C=O) groups is 1. The molecule has 30 heavy (non-hydrogen) atoms. The van der Waals surface area contributed by atoms with E-state index in [1.54, 1.807) is 25.6 Å². The second kappa shape index (κ2) is 12.9. The van der Waals surface area contributed by atoms with Gasteiger partial charge in [-0.15, -0.1) is 0 Å². The van der Waals surface area contributed by atoms with Crippen molar-refractivity contribution in [2.24, 2.45) is 9.98 Å². The number of hydrogen-bond acceptors (Lipinski definition) is 4. The molecule has 1 aliphatic heterocycles. The molecule has 0 radical (unpaired) electrons. The smallest absolute Gasteiger partial charge is 0.147 e. The van der Waals surface area contributed by atoms with Crippen LogP contribution in [-0.2, 0) is 4.79 Å². The van der Waals surface area contributed by atoms with Crippen molar-refractivity contribution in [3.8, 4) is 0 Å². The van der Waals surface area contributed by atoms with Crippen molar-refractivity contribution in [1.29, 1.82) is 0 Å². The molecule has 2 N–H and O–H groups in total. The molecule has 0 atom stereocenters. The van der Waals surface area contributed by atoms with Gasteiger partial charge in [0.05, 0.1) is 18.1 Å². The van der Waals surface area contributed by atoms with Gasteiger partial charge in [0.2, 0.25) is 0 Å². The molecule has 1 saturated heterocycles. The predicted octanol–water partition coefficient (Wildman–Crippen LogP) is 4.95. The highest BCUT2D eigenvalue weighted by molar-refractivity contribution is 6.29. The molecule has 0 bridgehead atoms. The van der Waals surface area contributed by atoms with E-state index in [1.165, 1.54) is 0 Å². The summed E-state index contributed by atoms with van der Waals surface area (Å²) in [6.07, 6.45) is 9.66. The Morgan fingerprint density at radius 1 is 1.30 bits per heavy atom. The number of hydrogen-bond donors (Lipinski definition) is 2. The number of aldehydes is 1. The van der Waals surface area contributed by atoms with Gasteiger partial charge in [-0.2, -0.15) is 0 Å². The van der Waals surface area contributed by atoms with Crippen LogP contribution in [0.3, 0.4) is 0 Å². The number of halogens is 1. The lowest BCUT2D eigenvalue weighted by Crippen LogP contribution is -2.30. The number of nitrogens with one attached hydrogen (secondary N) is 2. The summed E-state index contributed by atoms with van der Waals surface area (Å²) in [5.41, 5.74) is 4.29. The topological polar surface area (TPSA) is 65.8 Å². The summed E-state index contributed by atoms with van der Waals surface area (Å²) < 4.78 is 0. The van der Waals surface area contributed by atoms with Gasteiger partial charge < -0.3 is 10.6 Å². The molecular formula is C24H31ClN4O. The van der Waals surface area contributed by atoms with E-state index in [0.717, 1.165) is 67.5 Å². The Bertz CT molecular complexity index is 849. The Kier molecular flexibility index (Phi) is 10.3. The molecular weight excluding hydrogens is 396 g/mol. The van der Waals surface area contributed by atoms with Crippen molar-refractivity contribution in [1.82, 2.24) is 10.6 Å². The van der Waals surface area contributed by atoms with Gasteiger partial charge in [0.1, 0.15) is 11.4 Å². The van der Waals surface area contributed by atoms with E-state index in [4.69, 9.17) is 11.6 Å². The van der Waals surface area contributed by atoms with Crippen LogP contribution >= 0.6 is 11.6 Å². The maximum atomic E-state index is 11.6. The molecule has 1 fully saturated rings. The van der Waals surface area contributed by atoms with E-state index in [1.807, 2.05) is 31.2 Å². The number of allylic oxidation sites excluding steroid dienone is 3. The zero-order valence-electron chi connectivity index (χ0n) is 17.8. The first-order chi connectivity index (χ1) is 14.6. The lowest BCUT2D eigenvalue weighted by atomic mass is 9.94. The van der Waals surface area contributed by atoms with Gasteiger partial charge in [-0.25, -0.2) is 4.99 Å². The van der Waals surface area contributed by atoms with Crippen molar-refractivity contribution >= 4 is 41.7 Å². The molecule has 0 aromatic heterocycles. The molecule has 1 aliphatic rings. The molecule has 2 rings (SSSR count). The highest BCUT2D eigenvalue weighted by atomic mass is 35.5. The molecule has 1 heterocycles. The van der Waals surface area contributed by atoms with Gasteiger partial charge in [0.15, 0.2) is 0 Å². The zero-order valence-corrected chi connectivity index (χ0v) is 18.6.